The van der Waals surface area contributed by atoms with Gasteiger partial charge in [0.1, 0.15) is 0 Å². The zero-order valence-corrected chi connectivity index (χ0v) is 16.5. The third-order valence-corrected chi connectivity index (χ3v) is 8.90. The molecule has 1 aliphatic carbocycles. The summed E-state index contributed by atoms with van der Waals surface area (Å²) >= 11 is 0. The maximum absolute atomic E-state index is 6.09. The Morgan fingerprint density at radius 1 is 0.870 bits per heavy atom. The minimum atomic E-state index is -2.54. The summed E-state index contributed by atoms with van der Waals surface area (Å²) in [5.74, 6) is 0.983. The lowest BCUT2D eigenvalue weighted by atomic mass is 9.86. The smallest absolute Gasteiger partial charge is 0.373 e. The van der Waals surface area contributed by atoms with Gasteiger partial charge in [-0.3, -0.25) is 4.90 Å². The maximum Gasteiger partial charge on any atom is 0.519 e. The number of rotatable bonds is 11. The van der Waals surface area contributed by atoms with Crippen LogP contribution in [0.4, 0.5) is 0 Å². The van der Waals surface area contributed by atoms with Gasteiger partial charge in [-0.2, -0.15) is 0 Å². The van der Waals surface area contributed by atoms with Crippen LogP contribution in [-0.4, -0.2) is 52.3 Å². The second kappa shape index (κ2) is 10.1. The van der Waals surface area contributed by atoms with Gasteiger partial charge in [-0.15, -0.1) is 0 Å². The fraction of sp³-hybridized carbons (Fsp3) is 1.00. The van der Waals surface area contributed by atoms with Gasteiger partial charge in [-0.25, -0.2) is 0 Å². The Hall–Kier alpha value is 0.0569. The highest BCUT2D eigenvalue weighted by molar-refractivity contribution is 6.62. The van der Waals surface area contributed by atoms with Crippen molar-refractivity contribution in [1.29, 1.82) is 0 Å². The Bertz CT molecular complexity index is 306. The summed E-state index contributed by atoms with van der Waals surface area (Å²) in [4.78, 5) is 2.57. The zero-order valence-electron chi connectivity index (χ0n) is 15.5. The van der Waals surface area contributed by atoms with Gasteiger partial charge in [0, 0.05) is 19.8 Å². The molecule has 5 heteroatoms. The first-order valence-electron chi connectivity index (χ1n) is 9.91. The first-order chi connectivity index (χ1) is 11.3. The van der Waals surface area contributed by atoms with Crippen LogP contribution < -0.4 is 0 Å². The van der Waals surface area contributed by atoms with Gasteiger partial charge >= 0.3 is 8.80 Å². The standard InChI is InChI=1S/C18H37NO3Si/c1-4-20-23(21-5-2,22-6-3)18-14-16-19(18)15-10-13-17-11-8-7-9-12-17/h17-18H,4-16H2,1-3H3. The molecule has 2 rings (SSSR count). The normalized spacial score (nSPS) is 23.9. The topological polar surface area (TPSA) is 30.9 Å². The Balaban J connectivity index is 1.82. The second-order valence-electron chi connectivity index (χ2n) is 6.89. The Kier molecular flexibility index (Phi) is 8.54. The van der Waals surface area contributed by atoms with Crippen LogP contribution in [0.1, 0.15) is 72.1 Å². The lowest BCUT2D eigenvalue weighted by Crippen LogP contribution is -2.68. The van der Waals surface area contributed by atoms with Crippen LogP contribution >= 0.6 is 0 Å². The molecule has 1 unspecified atom stereocenters. The number of hydrogen-bond donors (Lipinski definition) is 0. The molecule has 0 aromatic carbocycles. The molecule has 1 aliphatic heterocycles. The van der Waals surface area contributed by atoms with E-state index < -0.39 is 8.80 Å². The molecule has 2 fully saturated rings. The average molecular weight is 344 g/mol. The summed E-state index contributed by atoms with van der Waals surface area (Å²) in [7, 11) is -2.54. The summed E-state index contributed by atoms with van der Waals surface area (Å²) in [6.45, 7) is 10.5. The molecule has 4 nitrogen and oxygen atoms in total. The van der Waals surface area contributed by atoms with E-state index in [0.717, 1.165) is 12.3 Å². The maximum atomic E-state index is 6.09. The van der Waals surface area contributed by atoms with Gasteiger partial charge in [0.05, 0.1) is 5.67 Å². The lowest BCUT2D eigenvalue weighted by Gasteiger charge is -2.48. The molecule has 1 saturated carbocycles. The van der Waals surface area contributed by atoms with E-state index in [1.807, 2.05) is 20.8 Å². The quantitative estimate of drug-likeness (QED) is 0.530. The monoisotopic (exact) mass is 343 g/mol. The van der Waals surface area contributed by atoms with Crippen LogP contribution in [-0.2, 0) is 13.3 Å². The molecular weight excluding hydrogens is 306 g/mol. The van der Waals surface area contributed by atoms with Gasteiger partial charge in [0.15, 0.2) is 0 Å². The van der Waals surface area contributed by atoms with Crippen LogP contribution in [0.15, 0.2) is 0 Å². The molecule has 0 bridgehead atoms. The van der Waals surface area contributed by atoms with Crippen LogP contribution in [0.25, 0.3) is 0 Å². The first kappa shape index (κ1) is 19.4. The van der Waals surface area contributed by atoms with E-state index in [1.54, 1.807) is 0 Å². The second-order valence-corrected chi connectivity index (χ2v) is 9.63. The highest BCUT2D eigenvalue weighted by Gasteiger charge is 2.55. The number of hydrogen-bond acceptors (Lipinski definition) is 4. The molecule has 136 valence electrons. The number of nitrogens with zero attached hydrogens (tertiary/aromatic N) is 1. The fourth-order valence-electron chi connectivity index (χ4n) is 4.18. The summed E-state index contributed by atoms with van der Waals surface area (Å²) in [5, 5.41) is 0. The SMILES string of the molecule is CCO[Si](OCC)(OCC)C1CCN1CCCC1CCCCC1. The van der Waals surface area contributed by atoms with E-state index in [0.29, 0.717) is 25.5 Å². The molecule has 0 N–H and O–H groups in total. The Morgan fingerprint density at radius 2 is 1.48 bits per heavy atom. The third kappa shape index (κ3) is 5.26. The summed E-state index contributed by atoms with van der Waals surface area (Å²) in [6.07, 6.45) is 11.1. The largest absolute Gasteiger partial charge is 0.519 e. The van der Waals surface area contributed by atoms with E-state index >= 15 is 0 Å². The predicted octanol–water partition coefficient (Wildman–Crippen LogP) is 4.01. The van der Waals surface area contributed by atoms with Crippen molar-refractivity contribution in [3.05, 3.63) is 0 Å². The van der Waals surface area contributed by atoms with E-state index in [-0.39, 0.29) is 0 Å². The summed E-state index contributed by atoms with van der Waals surface area (Å²) in [6, 6.07) is 0. The van der Waals surface area contributed by atoms with Crippen molar-refractivity contribution in [3.8, 4) is 0 Å². The summed E-state index contributed by atoms with van der Waals surface area (Å²) < 4.78 is 18.3. The van der Waals surface area contributed by atoms with Crippen molar-refractivity contribution in [2.75, 3.05) is 32.9 Å². The Morgan fingerprint density at radius 3 is 1.96 bits per heavy atom. The van der Waals surface area contributed by atoms with Crippen molar-refractivity contribution in [3.63, 3.8) is 0 Å². The van der Waals surface area contributed by atoms with E-state index in [2.05, 4.69) is 4.90 Å². The van der Waals surface area contributed by atoms with E-state index in [1.165, 1.54) is 58.0 Å². The van der Waals surface area contributed by atoms with Crippen molar-refractivity contribution in [2.45, 2.75) is 77.8 Å². The molecule has 0 aromatic rings. The lowest BCUT2D eigenvalue weighted by molar-refractivity contribution is 0.00362. The molecule has 0 spiro atoms. The van der Waals surface area contributed by atoms with Crippen molar-refractivity contribution in [1.82, 2.24) is 4.90 Å². The fourth-order valence-corrected chi connectivity index (χ4v) is 7.41. The highest BCUT2D eigenvalue weighted by Crippen LogP contribution is 2.31. The first-order valence-corrected chi connectivity index (χ1v) is 11.7. The molecule has 2 aliphatic rings. The Labute approximate surface area is 144 Å². The predicted molar refractivity (Wildman–Crippen MR) is 96.4 cm³/mol. The van der Waals surface area contributed by atoms with Crippen LogP contribution in [0.3, 0.4) is 0 Å². The highest BCUT2D eigenvalue weighted by atomic mass is 28.4. The van der Waals surface area contributed by atoms with Crippen LogP contribution in [0, 0.1) is 5.92 Å². The molecular formula is C18H37NO3Si. The molecule has 23 heavy (non-hydrogen) atoms. The molecule has 1 atom stereocenters. The minimum Gasteiger partial charge on any atom is -0.373 e. The van der Waals surface area contributed by atoms with Crippen LogP contribution in [0.2, 0.25) is 0 Å². The van der Waals surface area contributed by atoms with Crippen molar-refractivity contribution < 1.29 is 13.3 Å². The van der Waals surface area contributed by atoms with Gasteiger partial charge in [0.25, 0.3) is 0 Å². The third-order valence-electron chi connectivity index (χ3n) is 5.36. The number of likely N-dealkylation sites (tertiary alicyclic amines) is 1. The molecule has 1 saturated heterocycles. The van der Waals surface area contributed by atoms with Gasteiger partial charge in [0.2, 0.25) is 0 Å². The zero-order chi connectivity index (χ0) is 16.5. The molecule has 1 heterocycles. The summed E-state index contributed by atoms with van der Waals surface area (Å²) in [5.41, 5.74) is 0.383. The van der Waals surface area contributed by atoms with Gasteiger partial charge in [-0.1, -0.05) is 32.1 Å². The average Bonchev–Trinajstić information content (AvgIpc) is 2.52. The molecule has 0 radical (unpaired) electrons. The van der Waals surface area contributed by atoms with E-state index in [4.69, 9.17) is 13.3 Å². The van der Waals surface area contributed by atoms with Crippen molar-refractivity contribution in [2.24, 2.45) is 5.92 Å². The van der Waals surface area contributed by atoms with Gasteiger partial charge in [-0.05, 0) is 59.0 Å². The van der Waals surface area contributed by atoms with Crippen molar-refractivity contribution >= 4 is 8.80 Å². The molecule has 0 aromatic heterocycles. The van der Waals surface area contributed by atoms with Crippen LogP contribution in [0.5, 0.6) is 0 Å². The van der Waals surface area contributed by atoms with E-state index in [9.17, 15) is 0 Å². The molecule has 0 amide bonds. The van der Waals surface area contributed by atoms with Gasteiger partial charge < -0.3 is 13.3 Å². The minimum absolute atomic E-state index is 0.383.